The average Bonchev–Trinajstić information content (AvgIpc) is 2.66. The van der Waals surface area contributed by atoms with Gasteiger partial charge in [-0.05, 0) is 30.5 Å². The van der Waals surface area contributed by atoms with Crippen LogP contribution >= 0.6 is 11.8 Å². The minimum absolute atomic E-state index is 0.0436. The summed E-state index contributed by atoms with van der Waals surface area (Å²) in [6.45, 7) is 0.827. The zero-order chi connectivity index (χ0) is 18.4. The lowest BCUT2D eigenvalue weighted by Gasteiger charge is -2.39. The van der Waals surface area contributed by atoms with Gasteiger partial charge in [0, 0.05) is 18.7 Å². The monoisotopic (exact) mass is 366 g/mol. The standard InChI is InChI=1S/C17H22N2O5S/c1-23-13-6-4-12(5-7-13)16(21)19-9-8-18(15(20)11-25-3)10-14(19)17(22)24-2/h4-7,14H,8-11H2,1-3H3/t14-/m0/s1. The largest absolute Gasteiger partial charge is 0.497 e. The predicted octanol–water partition coefficient (Wildman–Crippen LogP) is 0.884. The Morgan fingerprint density at radius 2 is 1.84 bits per heavy atom. The molecule has 0 N–H and O–H groups in total. The van der Waals surface area contributed by atoms with E-state index in [0.717, 1.165) is 0 Å². The van der Waals surface area contributed by atoms with Crippen molar-refractivity contribution < 1.29 is 23.9 Å². The highest BCUT2D eigenvalue weighted by atomic mass is 32.2. The summed E-state index contributed by atoms with van der Waals surface area (Å²) in [6.07, 6.45) is 1.85. The zero-order valence-electron chi connectivity index (χ0n) is 14.6. The summed E-state index contributed by atoms with van der Waals surface area (Å²) in [5.74, 6) is 0.158. The number of carbonyl (C=O) groups is 3. The molecule has 2 amide bonds. The molecule has 8 heteroatoms. The molecule has 1 aliphatic heterocycles. The molecular formula is C17H22N2O5S. The Morgan fingerprint density at radius 3 is 2.40 bits per heavy atom. The highest BCUT2D eigenvalue weighted by molar-refractivity contribution is 7.99. The number of nitrogens with zero attached hydrogens (tertiary/aromatic N) is 2. The summed E-state index contributed by atoms with van der Waals surface area (Å²) in [5.41, 5.74) is 0.457. The maximum atomic E-state index is 12.8. The third-order valence-electron chi connectivity index (χ3n) is 4.07. The molecule has 1 heterocycles. The van der Waals surface area contributed by atoms with Crippen molar-refractivity contribution in [2.75, 3.05) is 45.9 Å². The van der Waals surface area contributed by atoms with E-state index < -0.39 is 12.0 Å². The number of hydrogen-bond acceptors (Lipinski definition) is 6. The summed E-state index contributed by atoms with van der Waals surface area (Å²) in [7, 11) is 2.83. The number of amides is 2. The van der Waals surface area contributed by atoms with E-state index in [9.17, 15) is 14.4 Å². The van der Waals surface area contributed by atoms with E-state index in [2.05, 4.69) is 0 Å². The van der Waals surface area contributed by atoms with E-state index >= 15 is 0 Å². The summed E-state index contributed by atoms with van der Waals surface area (Å²) in [4.78, 5) is 40.1. The van der Waals surface area contributed by atoms with Gasteiger partial charge in [-0.1, -0.05) is 0 Å². The van der Waals surface area contributed by atoms with Gasteiger partial charge < -0.3 is 19.3 Å². The Balaban J connectivity index is 2.18. The molecule has 0 bridgehead atoms. The molecule has 1 aliphatic rings. The van der Waals surface area contributed by atoms with Gasteiger partial charge in [-0.15, -0.1) is 0 Å². The van der Waals surface area contributed by atoms with Crippen molar-refractivity contribution in [2.24, 2.45) is 0 Å². The van der Waals surface area contributed by atoms with Crippen molar-refractivity contribution in [3.63, 3.8) is 0 Å². The van der Waals surface area contributed by atoms with Crippen LogP contribution in [-0.2, 0) is 14.3 Å². The molecule has 1 saturated heterocycles. The second-order valence-corrected chi connectivity index (χ2v) is 6.40. The van der Waals surface area contributed by atoms with Gasteiger partial charge in [0.25, 0.3) is 5.91 Å². The van der Waals surface area contributed by atoms with Crippen LogP contribution in [0.3, 0.4) is 0 Å². The van der Waals surface area contributed by atoms with Crippen molar-refractivity contribution in [2.45, 2.75) is 6.04 Å². The van der Waals surface area contributed by atoms with Crippen molar-refractivity contribution >= 4 is 29.5 Å². The predicted molar refractivity (Wildman–Crippen MR) is 94.8 cm³/mol. The van der Waals surface area contributed by atoms with Crippen LogP contribution in [0.2, 0.25) is 0 Å². The van der Waals surface area contributed by atoms with Crippen LogP contribution in [0.15, 0.2) is 24.3 Å². The number of methoxy groups -OCH3 is 2. The van der Waals surface area contributed by atoms with Crippen LogP contribution < -0.4 is 4.74 Å². The fraction of sp³-hybridized carbons (Fsp3) is 0.471. The number of esters is 1. The third kappa shape index (κ3) is 4.45. The number of piperazine rings is 1. The molecule has 136 valence electrons. The first kappa shape index (κ1) is 19.1. The molecule has 25 heavy (non-hydrogen) atoms. The van der Waals surface area contributed by atoms with Gasteiger partial charge in [0.05, 0.1) is 26.5 Å². The Bertz CT molecular complexity index is 634. The van der Waals surface area contributed by atoms with Gasteiger partial charge >= 0.3 is 5.97 Å². The van der Waals surface area contributed by atoms with E-state index in [1.165, 1.54) is 23.8 Å². The fourth-order valence-corrected chi connectivity index (χ4v) is 3.13. The molecule has 1 fully saturated rings. The smallest absolute Gasteiger partial charge is 0.330 e. The molecule has 0 aliphatic carbocycles. The summed E-state index contributed by atoms with van der Waals surface area (Å²) in [5, 5.41) is 0. The van der Waals surface area contributed by atoms with Gasteiger partial charge in [0.2, 0.25) is 5.91 Å². The van der Waals surface area contributed by atoms with Crippen LogP contribution in [0.1, 0.15) is 10.4 Å². The molecule has 7 nitrogen and oxygen atoms in total. The van der Waals surface area contributed by atoms with Crippen molar-refractivity contribution in [1.82, 2.24) is 9.80 Å². The first-order valence-corrected chi connectivity index (χ1v) is 9.20. The Labute approximate surface area is 151 Å². The van der Waals surface area contributed by atoms with E-state index in [4.69, 9.17) is 9.47 Å². The Hall–Kier alpha value is -2.22. The highest BCUT2D eigenvalue weighted by Gasteiger charge is 2.37. The number of carbonyl (C=O) groups excluding carboxylic acids is 3. The summed E-state index contributed by atoms with van der Waals surface area (Å²) >= 11 is 1.43. The number of ether oxygens (including phenoxy) is 2. The van der Waals surface area contributed by atoms with E-state index in [1.54, 1.807) is 36.3 Å². The lowest BCUT2D eigenvalue weighted by molar-refractivity contribution is -0.149. The lowest BCUT2D eigenvalue weighted by atomic mass is 10.1. The number of rotatable bonds is 5. The number of thioether (sulfide) groups is 1. The SMILES string of the molecule is COC(=O)[C@@H]1CN(C(=O)CSC)CCN1C(=O)c1ccc(OC)cc1. The molecule has 0 spiro atoms. The number of benzene rings is 1. The van der Waals surface area contributed by atoms with Crippen LogP contribution in [0.5, 0.6) is 5.75 Å². The van der Waals surface area contributed by atoms with E-state index in [0.29, 0.717) is 23.6 Å². The van der Waals surface area contributed by atoms with E-state index in [1.807, 2.05) is 6.26 Å². The molecule has 1 atom stereocenters. The topological polar surface area (TPSA) is 76.2 Å². The average molecular weight is 366 g/mol. The summed E-state index contributed by atoms with van der Waals surface area (Å²) < 4.78 is 9.92. The van der Waals surface area contributed by atoms with Gasteiger partial charge in [-0.25, -0.2) is 4.79 Å². The molecular weight excluding hydrogens is 344 g/mol. The summed E-state index contributed by atoms with van der Waals surface area (Å²) in [6, 6.07) is 5.89. The van der Waals surface area contributed by atoms with Crippen molar-refractivity contribution in [3.8, 4) is 5.75 Å². The van der Waals surface area contributed by atoms with Crippen LogP contribution in [0.25, 0.3) is 0 Å². The second-order valence-electron chi connectivity index (χ2n) is 5.54. The number of hydrogen-bond donors (Lipinski definition) is 0. The van der Waals surface area contributed by atoms with Crippen LogP contribution in [0.4, 0.5) is 0 Å². The Kier molecular flexibility index (Phi) is 6.69. The highest BCUT2D eigenvalue weighted by Crippen LogP contribution is 2.18. The normalized spacial score (nSPS) is 17.2. The van der Waals surface area contributed by atoms with Crippen LogP contribution in [-0.4, -0.2) is 79.5 Å². The van der Waals surface area contributed by atoms with E-state index in [-0.39, 0.29) is 24.9 Å². The molecule has 0 saturated carbocycles. The lowest BCUT2D eigenvalue weighted by Crippen LogP contribution is -2.59. The zero-order valence-corrected chi connectivity index (χ0v) is 15.4. The molecule has 1 aromatic rings. The van der Waals surface area contributed by atoms with Gasteiger partial charge in [0.1, 0.15) is 11.8 Å². The van der Waals surface area contributed by atoms with Crippen molar-refractivity contribution in [1.29, 1.82) is 0 Å². The minimum Gasteiger partial charge on any atom is -0.497 e. The quantitative estimate of drug-likeness (QED) is 0.720. The van der Waals surface area contributed by atoms with Crippen LogP contribution in [0, 0.1) is 0 Å². The molecule has 0 aromatic heterocycles. The molecule has 0 radical (unpaired) electrons. The van der Waals surface area contributed by atoms with Gasteiger partial charge in [-0.2, -0.15) is 11.8 Å². The minimum atomic E-state index is -0.806. The van der Waals surface area contributed by atoms with Crippen molar-refractivity contribution in [3.05, 3.63) is 29.8 Å². The second kappa shape index (κ2) is 8.75. The Morgan fingerprint density at radius 1 is 1.16 bits per heavy atom. The first-order valence-electron chi connectivity index (χ1n) is 7.81. The third-order valence-corrected chi connectivity index (χ3v) is 4.61. The van der Waals surface area contributed by atoms with Gasteiger partial charge in [-0.3, -0.25) is 9.59 Å². The first-order chi connectivity index (χ1) is 12.0. The fourth-order valence-electron chi connectivity index (χ4n) is 2.70. The molecule has 2 rings (SSSR count). The molecule has 1 aromatic carbocycles. The maximum Gasteiger partial charge on any atom is 0.330 e. The maximum absolute atomic E-state index is 12.8. The molecule has 0 unspecified atom stereocenters. The van der Waals surface area contributed by atoms with Gasteiger partial charge in [0.15, 0.2) is 0 Å².